The van der Waals surface area contributed by atoms with Crippen LogP contribution in [0.5, 0.6) is 5.75 Å². The maximum atomic E-state index is 12.3. The number of carbonyl (C=O) groups is 3. The lowest BCUT2D eigenvalue weighted by atomic mass is 10.1. The number of piperidine rings is 1. The van der Waals surface area contributed by atoms with E-state index < -0.39 is 0 Å². The average Bonchev–Trinajstić information content (AvgIpc) is 2.72. The van der Waals surface area contributed by atoms with Gasteiger partial charge in [0.2, 0.25) is 11.8 Å². The first-order valence-electron chi connectivity index (χ1n) is 9.71. The number of ether oxygens (including phenoxy) is 2. The van der Waals surface area contributed by atoms with Gasteiger partial charge in [0.1, 0.15) is 5.75 Å². The first kappa shape index (κ1) is 22.3. The molecule has 2 rings (SSSR count). The molecule has 1 N–H and O–H groups in total. The lowest BCUT2D eigenvalue weighted by molar-refractivity contribution is -0.131. The minimum atomic E-state index is -0.314. The fourth-order valence-corrected chi connectivity index (χ4v) is 3.03. The molecule has 1 heterocycles. The van der Waals surface area contributed by atoms with Crippen LogP contribution in [-0.2, 0) is 14.3 Å². The molecule has 1 fully saturated rings. The molecule has 158 valence electrons. The highest BCUT2D eigenvalue weighted by Gasteiger charge is 2.24. The fourth-order valence-electron chi connectivity index (χ4n) is 3.03. The second kappa shape index (κ2) is 11.1. The SMILES string of the molecule is CCOC(=O)N1CCC(NC(=O)CN(C)C(=O)/C=C/c2cccc(OC)c2)CC1. The predicted octanol–water partition coefficient (Wildman–Crippen LogP) is 1.90. The molecule has 1 aromatic carbocycles. The van der Waals surface area contributed by atoms with Crippen LogP contribution in [0.1, 0.15) is 25.3 Å². The number of likely N-dealkylation sites (N-methyl/N-ethyl adjacent to an activating group) is 1. The number of likely N-dealkylation sites (tertiary alicyclic amines) is 1. The molecule has 0 aliphatic carbocycles. The molecule has 0 bridgehead atoms. The molecule has 0 saturated carbocycles. The Morgan fingerprint density at radius 2 is 2.00 bits per heavy atom. The van der Waals surface area contributed by atoms with Gasteiger partial charge in [0.05, 0.1) is 20.3 Å². The zero-order valence-electron chi connectivity index (χ0n) is 17.2. The van der Waals surface area contributed by atoms with E-state index >= 15 is 0 Å². The number of carbonyl (C=O) groups excluding carboxylic acids is 3. The Morgan fingerprint density at radius 3 is 2.66 bits per heavy atom. The third kappa shape index (κ3) is 7.14. The van der Waals surface area contributed by atoms with Crippen LogP contribution in [0.15, 0.2) is 30.3 Å². The fraction of sp³-hybridized carbons (Fsp3) is 0.476. The Morgan fingerprint density at radius 1 is 1.28 bits per heavy atom. The Hall–Kier alpha value is -3.03. The monoisotopic (exact) mass is 403 g/mol. The van der Waals surface area contributed by atoms with Gasteiger partial charge in [-0.3, -0.25) is 9.59 Å². The van der Waals surface area contributed by atoms with Gasteiger partial charge in [0.15, 0.2) is 0 Å². The van der Waals surface area contributed by atoms with Gasteiger partial charge in [-0.2, -0.15) is 0 Å². The molecule has 1 aromatic rings. The summed E-state index contributed by atoms with van der Waals surface area (Å²) >= 11 is 0. The van der Waals surface area contributed by atoms with Crippen molar-refractivity contribution in [1.82, 2.24) is 15.1 Å². The first-order valence-corrected chi connectivity index (χ1v) is 9.71. The van der Waals surface area contributed by atoms with E-state index in [0.29, 0.717) is 38.3 Å². The van der Waals surface area contributed by atoms with Crippen LogP contribution < -0.4 is 10.1 Å². The number of nitrogens with zero attached hydrogens (tertiary/aromatic N) is 2. The van der Waals surface area contributed by atoms with Gasteiger partial charge < -0.3 is 24.6 Å². The van der Waals surface area contributed by atoms with Gasteiger partial charge in [-0.1, -0.05) is 12.1 Å². The van der Waals surface area contributed by atoms with Gasteiger partial charge in [0, 0.05) is 32.3 Å². The van der Waals surface area contributed by atoms with Crippen LogP contribution in [0, 0.1) is 0 Å². The molecule has 3 amide bonds. The first-order chi connectivity index (χ1) is 13.9. The minimum Gasteiger partial charge on any atom is -0.497 e. The molecule has 29 heavy (non-hydrogen) atoms. The molecule has 8 nitrogen and oxygen atoms in total. The van der Waals surface area contributed by atoms with E-state index in [1.165, 1.54) is 11.0 Å². The number of benzene rings is 1. The number of rotatable bonds is 7. The molecule has 0 radical (unpaired) electrons. The Kier molecular flexibility index (Phi) is 8.51. The van der Waals surface area contributed by atoms with Gasteiger partial charge in [-0.05, 0) is 43.5 Å². The highest BCUT2D eigenvalue weighted by atomic mass is 16.6. The zero-order chi connectivity index (χ0) is 21.2. The van der Waals surface area contributed by atoms with Crippen molar-refractivity contribution in [3.63, 3.8) is 0 Å². The Labute approximate surface area is 171 Å². The molecule has 0 unspecified atom stereocenters. The summed E-state index contributed by atoms with van der Waals surface area (Å²) in [6.45, 7) is 3.18. The van der Waals surface area contributed by atoms with Gasteiger partial charge in [-0.25, -0.2) is 4.79 Å². The van der Waals surface area contributed by atoms with E-state index in [4.69, 9.17) is 9.47 Å². The Balaban J connectivity index is 1.76. The number of nitrogens with one attached hydrogen (secondary N) is 1. The second-order valence-corrected chi connectivity index (χ2v) is 6.83. The van der Waals surface area contributed by atoms with E-state index in [9.17, 15) is 14.4 Å². The molecule has 1 aliphatic rings. The van der Waals surface area contributed by atoms with Crippen LogP contribution >= 0.6 is 0 Å². The third-order valence-corrected chi connectivity index (χ3v) is 4.66. The summed E-state index contributed by atoms with van der Waals surface area (Å²) in [5.41, 5.74) is 0.837. The third-order valence-electron chi connectivity index (χ3n) is 4.66. The van der Waals surface area contributed by atoms with Crippen molar-refractivity contribution >= 4 is 24.0 Å². The van der Waals surface area contributed by atoms with Crippen LogP contribution in [0.2, 0.25) is 0 Å². The van der Waals surface area contributed by atoms with Crippen molar-refractivity contribution < 1.29 is 23.9 Å². The van der Waals surface area contributed by atoms with Crippen molar-refractivity contribution in [2.45, 2.75) is 25.8 Å². The van der Waals surface area contributed by atoms with Crippen LogP contribution in [-0.4, -0.2) is 74.1 Å². The van der Waals surface area contributed by atoms with E-state index in [0.717, 1.165) is 5.56 Å². The highest BCUT2D eigenvalue weighted by Crippen LogP contribution is 2.14. The van der Waals surface area contributed by atoms with E-state index in [1.54, 1.807) is 32.1 Å². The lowest BCUT2D eigenvalue weighted by Gasteiger charge is -2.31. The molecular weight excluding hydrogens is 374 g/mol. The molecule has 1 aliphatic heterocycles. The number of hydrogen-bond donors (Lipinski definition) is 1. The molecule has 8 heteroatoms. The summed E-state index contributed by atoms with van der Waals surface area (Å²) in [6.07, 6.45) is 4.13. The molecule has 0 spiro atoms. The summed E-state index contributed by atoms with van der Waals surface area (Å²) < 4.78 is 10.1. The molecule has 0 atom stereocenters. The summed E-state index contributed by atoms with van der Waals surface area (Å²) in [5.74, 6) is 0.228. The summed E-state index contributed by atoms with van der Waals surface area (Å²) in [4.78, 5) is 39.2. The van der Waals surface area contributed by atoms with Crippen molar-refractivity contribution in [1.29, 1.82) is 0 Å². The van der Waals surface area contributed by atoms with Crippen molar-refractivity contribution in [3.8, 4) is 5.75 Å². The van der Waals surface area contributed by atoms with Gasteiger partial charge in [-0.15, -0.1) is 0 Å². The minimum absolute atomic E-state index is 0.0102. The predicted molar refractivity (Wildman–Crippen MR) is 109 cm³/mol. The van der Waals surface area contributed by atoms with Gasteiger partial charge in [0.25, 0.3) is 0 Å². The second-order valence-electron chi connectivity index (χ2n) is 6.83. The molecule has 0 aromatic heterocycles. The van der Waals surface area contributed by atoms with E-state index in [2.05, 4.69) is 5.32 Å². The summed E-state index contributed by atoms with van der Waals surface area (Å²) in [6, 6.07) is 7.34. The van der Waals surface area contributed by atoms with Crippen LogP contribution in [0.25, 0.3) is 6.08 Å². The van der Waals surface area contributed by atoms with Gasteiger partial charge >= 0.3 is 6.09 Å². The van der Waals surface area contributed by atoms with Crippen molar-refractivity contribution in [3.05, 3.63) is 35.9 Å². The quantitative estimate of drug-likeness (QED) is 0.703. The number of methoxy groups -OCH3 is 1. The van der Waals surface area contributed by atoms with Crippen molar-refractivity contribution in [2.75, 3.05) is 40.4 Å². The smallest absolute Gasteiger partial charge is 0.409 e. The van der Waals surface area contributed by atoms with Crippen LogP contribution in [0.3, 0.4) is 0 Å². The lowest BCUT2D eigenvalue weighted by Crippen LogP contribution is -2.48. The van der Waals surface area contributed by atoms with Crippen molar-refractivity contribution in [2.24, 2.45) is 0 Å². The standard InChI is InChI=1S/C21H29N3O5/c1-4-29-21(27)24-12-10-17(11-13-24)22-19(25)15-23(2)20(26)9-8-16-6-5-7-18(14-16)28-3/h5-9,14,17H,4,10-13,15H2,1-3H3,(H,22,25)/b9-8+. The topological polar surface area (TPSA) is 88.2 Å². The number of hydrogen-bond acceptors (Lipinski definition) is 5. The number of amides is 3. The normalized spacial score (nSPS) is 14.5. The largest absolute Gasteiger partial charge is 0.497 e. The summed E-state index contributed by atoms with van der Waals surface area (Å²) in [5, 5.41) is 2.93. The molecule has 1 saturated heterocycles. The van der Waals surface area contributed by atoms with E-state index in [1.807, 2.05) is 24.3 Å². The maximum Gasteiger partial charge on any atom is 0.409 e. The summed E-state index contributed by atoms with van der Waals surface area (Å²) in [7, 11) is 3.17. The Bertz CT molecular complexity index is 742. The highest BCUT2D eigenvalue weighted by molar-refractivity contribution is 5.94. The van der Waals surface area contributed by atoms with E-state index in [-0.39, 0.29) is 30.5 Å². The maximum absolute atomic E-state index is 12.3. The zero-order valence-corrected chi connectivity index (χ0v) is 17.2. The van der Waals surface area contributed by atoms with Crippen LogP contribution in [0.4, 0.5) is 4.79 Å². The average molecular weight is 403 g/mol. The molecular formula is C21H29N3O5.